The molecular formula is C49H84NO8+. The van der Waals surface area contributed by atoms with Crippen molar-refractivity contribution in [2.75, 3.05) is 47.5 Å². The minimum atomic E-state index is -1.51. The van der Waals surface area contributed by atoms with Gasteiger partial charge in [0.25, 0.3) is 6.29 Å². The van der Waals surface area contributed by atoms with E-state index in [1.807, 2.05) is 21.1 Å². The third kappa shape index (κ3) is 40.9. The Hall–Kier alpha value is -3.27. The van der Waals surface area contributed by atoms with E-state index in [4.69, 9.17) is 18.9 Å². The second-order valence-electron chi connectivity index (χ2n) is 16.0. The van der Waals surface area contributed by atoms with Crippen LogP contribution in [0, 0.1) is 0 Å². The molecule has 0 aromatic carbocycles. The average molecular weight is 815 g/mol. The molecule has 0 aliphatic rings. The van der Waals surface area contributed by atoms with E-state index in [1.54, 1.807) is 0 Å². The van der Waals surface area contributed by atoms with E-state index in [1.165, 1.54) is 38.5 Å². The summed E-state index contributed by atoms with van der Waals surface area (Å²) in [6.07, 6.45) is 47.1. The van der Waals surface area contributed by atoms with Crippen LogP contribution < -0.4 is 0 Å². The van der Waals surface area contributed by atoms with Crippen LogP contribution >= 0.6 is 0 Å². The predicted molar refractivity (Wildman–Crippen MR) is 239 cm³/mol. The number of likely N-dealkylation sites (N-methyl/N-ethyl adjacent to an activating group) is 1. The molecule has 0 spiro atoms. The number of esters is 2. The summed E-state index contributed by atoms with van der Waals surface area (Å²) in [4.78, 5) is 36.8. The Balaban J connectivity index is 4.23. The van der Waals surface area contributed by atoms with Crippen molar-refractivity contribution in [1.82, 2.24) is 0 Å². The smallest absolute Gasteiger partial charge is 0.361 e. The molecule has 0 aromatic rings. The van der Waals surface area contributed by atoms with Gasteiger partial charge in [0, 0.05) is 12.8 Å². The highest BCUT2D eigenvalue weighted by molar-refractivity contribution is 5.71. The van der Waals surface area contributed by atoms with E-state index in [9.17, 15) is 19.5 Å². The molecule has 0 bridgehead atoms. The molecule has 9 heteroatoms. The zero-order valence-corrected chi connectivity index (χ0v) is 37.4. The summed E-state index contributed by atoms with van der Waals surface area (Å²) in [5, 5.41) is 9.59. The first-order chi connectivity index (χ1) is 28.1. The summed E-state index contributed by atoms with van der Waals surface area (Å²) in [6.45, 7) is 4.65. The van der Waals surface area contributed by atoms with E-state index in [-0.39, 0.29) is 32.2 Å². The van der Waals surface area contributed by atoms with Crippen molar-refractivity contribution >= 4 is 17.9 Å². The molecule has 2 unspecified atom stereocenters. The lowest BCUT2D eigenvalue weighted by Gasteiger charge is -2.25. The summed E-state index contributed by atoms with van der Waals surface area (Å²) in [7, 11) is 5.93. The van der Waals surface area contributed by atoms with Gasteiger partial charge in [-0.3, -0.25) is 9.59 Å². The molecule has 2 atom stereocenters. The van der Waals surface area contributed by atoms with Crippen molar-refractivity contribution in [1.29, 1.82) is 0 Å². The maximum Gasteiger partial charge on any atom is 0.361 e. The summed E-state index contributed by atoms with van der Waals surface area (Å²) in [5.74, 6) is -2.04. The molecular weight excluding hydrogens is 731 g/mol. The fourth-order valence-electron chi connectivity index (χ4n) is 5.72. The minimum absolute atomic E-state index is 0.183. The predicted octanol–water partition coefficient (Wildman–Crippen LogP) is 11.9. The van der Waals surface area contributed by atoms with Gasteiger partial charge in [-0.1, -0.05) is 157 Å². The van der Waals surface area contributed by atoms with Crippen LogP contribution in [0.3, 0.4) is 0 Å². The topological polar surface area (TPSA) is 108 Å². The molecule has 332 valence electrons. The lowest BCUT2D eigenvalue weighted by atomic mass is 10.1. The van der Waals surface area contributed by atoms with Crippen LogP contribution in [0.5, 0.6) is 0 Å². The van der Waals surface area contributed by atoms with Gasteiger partial charge in [0.05, 0.1) is 34.4 Å². The molecule has 0 amide bonds. The van der Waals surface area contributed by atoms with Gasteiger partial charge in [-0.2, -0.15) is 0 Å². The standard InChI is InChI=1S/C49H83NO8/c1-6-8-10-12-14-15-16-17-18-19-20-21-22-23-24-25-26-27-28-29-30-31-32-33-34-36-38-40-47(52)58-45(43-56-46(51)39-37-35-13-11-9-7-2)44-57-49(48(53)54)55-42-41-50(3,4)5/h8,10,14-15,17-18,20-21,23-24,26-27,45,49H,6-7,9,11-13,16,19,22,25,28-44H2,1-5H3/p+1/b10-8-,15-14-,18-17-,21-20-,24-23-,27-26-. The number of carboxylic acids is 1. The van der Waals surface area contributed by atoms with Crippen LogP contribution in [0.25, 0.3) is 0 Å². The highest BCUT2D eigenvalue weighted by Gasteiger charge is 2.25. The second kappa shape index (κ2) is 40.5. The van der Waals surface area contributed by atoms with Gasteiger partial charge in [0.1, 0.15) is 13.2 Å². The molecule has 0 heterocycles. The molecule has 0 aliphatic carbocycles. The lowest BCUT2D eigenvalue weighted by molar-refractivity contribution is -0.870. The van der Waals surface area contributed by atoms with Gasteiger partial charge in [-0.15, -0.1) is 0 Å². The van der Waals surface area contributed by atoms with Crippen molar-refractivity contribution in [2.24, 2.45) is 0 Å². The highest BCUT2D eigenvalue weighted by atomic mass is 16.7. The summed E-state index contributed by atoms with van der Waals surface area (Å²) < 4.78 is 22.6. The fraction of sp³-hybridized carbons (Fsp3) is 0.694. The number of ether oxygens (including phenoxy) is 4. The number of carbonyl (C=O) groups is 3. The van der Waals surface area contributed by atoms with E-state index < -0.39 is 24.3 Å². The van der Waals surface area contributed by atoms with E-state index >= 15 is 0 Å². The lowest BCUT2D eigenvalue weighted by Crippen LogP contribution is -2.40. The highest BCUT2D eigenvalue weighted by Crippen LogP contribution is 2.13. The van der Waals surface area contributed by atoms with E-state index in [2.05, 4.69) is 86.8 Å². The quantitative estimate of drug-likeness (QED) is 0.0214. The van der Waals surface area contributed by atoms with Crippen LogP contribution in [0.1, 0.15) is 162 Å². The van der Waals surface area contributed by atoms with Gasteiger partial charge in [0.2, 0.25) is 0 Å². The number of carbonyl (C=O) groups excluding carboxylic acids is 2. The van der Waals surface area contributed by atoms with Crippen LogP contribution in [-0.4, -0.2) is 87.4 Å². The molecule has 0 fully saturated rings. The Bertz CT molecular complexity index is 1180. The number of rotatable bonds is 40. The molecule has 0 saturated heterocycles. The number of carboxylic acid groups (broad SMARTS) is 1. The number of aliphatic carboxylic acids is 1. The number of allylic oxidation sites excluding steroid dienone is 12. The normalized spacial score (nSPS) is 13.6. The minimum Gasteiger partial charge on any atom is -0.477 e. The third-order valence-corrected chi connectivity index (χ3v) is 9.23. The molecule has 0 aliphatic heterocycles. The van der Waals surface area contributed by atoms with Gasteiger partial charge >= 0.3 is 17.9 Å². The van der Waals surface area contributed by atoms with Gasteiger partial charge in [-0.25, -0.2) is 4.79 Å². The Kier molecular flexibility index (Phi) is 38.2. The first-order valence-corrected chi connectivity index (χ1v) is 22.6. The summed E-state index contributed by atoms with van der Waals surface area (Å²) >= 11 is 0. The number of hydrogen-bond donors (Lipinski definition) is 1. The first-order valence-electron chi connectivity index (χ1n) is 22.6. The average Bonchev–Trinajstić information content (AvgIpc) is 3.18. The van der Waals surface area contributed by atoms with Gasteiger partial charge < -0.3 is 28.5 Å². The van der Waals surface area contributed by atoms with Gasteiger partial charge in [-0.05, 0) is 64.2 Å². The molecule has 0 radical (unpaired) electrons. The van der Waals surface area contributed by atoms with Crippen molar-refractivity contribution in [3.63, 3.8) is 0 Å². The molecule has 58 heavy (non-hydrogen) atoms. The monoisotopic (exact) mass is 815 g/mol. The van der Waals surface area contributed by atoms with Crippen LogP contribution in [-0.2, 0) is 33.3 Å². The Morgan fingerprint density at radius 2 is 0.983 bits per heavy atom. The zero-order valence-electron chi connectivity index (χ0n) is 37.4. The number of hydrogen-bond acceptors (Lipinski definition) is 7. The summed E-state index contributed by atoms with van der Waals surface area (Å²) in [5.41, 5.74) is 0. The van der Waals surface area contributed by atoms with Crippen molar-refractivity contribution < 1.29 is 42.9 Å². The summed E-state index contributed by atoms with van der Waals surface area (Å²) in [6, 6.07) is 0. The van der Waals surface area contributed by atoms with Crippen LogP contribution in [0.2, 0.25) is 0 Å². The third-order valence-electron chi connectivity index (χ3n) is 9.23. The number of nitrogens with zero attached hydrogens (tertiary/aromatic N) is 1. The van der Waals surface area contributed by atoms with Gasteiger partial charge in [0.15, 0.2) is 6.10 Å². The fourth-order valence-corrected chi connectivity index (χ4v) is 5.72. The van der Waals surface area contributed by atoms with E-state index in [0.717, 1.165) is 89.9 Å². The van der Waals surface area contributed by atoms with Crippen molar-refractivity contribution in [2.45, 2.75) is 174 Å². The Labute approximate surface area is 354 Å². The Morgan fingerprint density at radius 1 is 0.534 bits per heavy atom. The molecule has 0 rings (SSSR count). The van der Waals surface area contributed by atoms with Crippen molar-refractivity contribution in [3.8, 4) is 0 Å². The van der Waals surface area contributed by atoms with E-state index in [0.29, 0.717) is 23.9 Å². The molecule has 9 nitrogen and oxygen atoms in total. The Morgan fingerprint density at radius 3 is 1.47 bits per heavy atom. The number of quaternary nitrogens is 1. The van der Waals surface area contributed by atoms with Crippen molar-refractivity contribution in [3.05, 3.63) is 72.9 Å². The molecule has 1 N–H and O–H groups in total. The second-order valence-corrected chi connectivity index (χ2v) is 16.0. The first kappa shape index (κ1) is 54.7. The molecule has 0 saturated carbocycles. The zero-order chi connectivity index (χ0) is 42.8. The largest absolute Gasteiger partial charge is 0.477 e. The van der Waals surface area contributed by atoms with Crippen LogP contribution in [0.15, 0.2) is 72.9 Å². The SMILES string of the molecule is CC/C=C\C/C=C\C/C=C\C/C=C\C/C=C\C/C=C\CCCCCCCCCCC(=O)OC(COC(=O)CCCCCCCC)COC(OCC[N+](C)(C)C)C(=O)O. The maximum absolute atomic E-state index is 12.7. The van der Waals surface area contributed by atoms with Crippen LogP contribution in [0.4, 0.5) is 0 Å². The number of unbranched alkanes of at least 4 members (excludes halogenated alkanes) is 13. The molecule has 0 aromatic heterocycles. The maximum atomic E-state index is 12.7.